The molecule has 0 amide bonds. The Labute approximate surface area is 158 Å². The Bertz CT molecular complexity index is 1030. The summed E-state index contributed by atoms with van der Waals surface area (Å²) in [6, 6.07) is 12.1. The summed E-state index contributed by atoms with van der Waals surface area (Å²) < 4.78 is 45.1. The molecule has 0 fully saturated rings. The molecule has 0 aliphatic rings. The van der Waals surface area contributed by atoms with Gasteiger partial charge in [0.15, 0.2) is 0 Å². The molecule has 1 unspecified atom stereocenters. The van der Waals surface area contributed by atoms with Crippen molar-refractivity contribution in [3.63, 3.8) is 0 Å². The number of oxazole rings is 1. The molecule has 3 aromatic rings. The van der Waals surface area contributed by atoms with Crippen LogP contribution in [-0.2, 0) is 9.84 Å². The fourth-order valence-corrected chi connectivity index (χ4v) is 3.72. The Kier molecular flexibility index (Phi) is 5.32. The molecule has 1 heterocycles. The standard InChI is InChI=1S/C20H21FN2O3S/c1-4-14(3)22-19-20(27(24,25)17-11-5-13(2)6-12-17)23-18(26-19)15-7-9-16(21)10-8-15/h5-12,14,22H,4H2,1-3H3. The van der Waals surface area contributed by atoms with Gasteiger partial charge in [-0.25, -0.2) is 12.8 Å². The molecule has 0 saturated heterocycles. The minimum Gasteiger partial charge on any atom is -0.419 e. The van der Waals surface area contributed by atoms with E-state index in [0.717, 1.165) is 12.0 Å². The maximum atomic E-state index is 13.2. The summed E-state index contributed by atoms with van der Waals surface area (Å²) in [4.78, 5) is 4.37. The number of benzene rings is 2. The first-order chi connectivity index (χ1) is 12.8. The Morgan fingerprint density at radius 3 is 2.33 bits per heavy atom. The number of aromatic nitrogens is 1. The normalized spacial score (nSPS) is 12.7. The lowest BCUT2D eigenvalue weighted by Gasteiger charge is -2.11. The fraction of sp³-hybridized carbons (Fsp3) is 0.250. The predicted molar refractivity (Wildman–Crippen MR) is 102 cm³/mol. The van der Waals surface area contributed by atoms with Crippen LogP contribution in [-0.4, -0.2) is 19.4 Å². The highest BCUT2D eigenvalue weighted by molar-refractivity contribution is 7.91. The Balaban J connectivity index is 2.11. The quantitative estimate of drug-likeness (QED) is 0.655. The average Bonchev–Trinajstić information content (AvgIpc) is 3.07. The molecule has 1 N–H and O–H groups in total. The van der Waals surface area contributed by atoms with E-state index in [1.54, 1.807) is 24.3 Å². The molecule has 27 heavy (non-hydrogen) atoms. The molecule has 0 aliphatic heterocycles. The predicted octanol–water partition coefficient (Wildman–Crippen LogP) is 4.83. The van der Waals surface area contributed by atoms with Crippen LogP contribution in [0.4, 0.5) is 10.3 Å². The number of aryl methyl sites for hydroxylation is 1. The second kappa shape index (κ2) is 7.52. The van der Waals surface area contributed by atoms with Crippen LogP contribution in [0.1, 0.15) is 25.8 Å². The summed E-state index contributed by atoms with van der Waals surface area (Å²) >= 11 is 0. The van der Waals surface area contributed by atoms with Crippen LogP contribution < -0.4 is 5.32 Å². The van der Waals surface area contributed by atoms with Crippen LogP contribution >= 0.6 is 0 Å². The average molecular weight is 388 g/mol. The van der Waals surface area contributed by atoms with E-state index in [4.69, 9.17) is 4.42 Å². The van der Waals surface area contributed by atoms with Gasteiger partial charge in [-0.05, 0) is 56.7 Å². The smallest absolute Gasteiger partial charge is 0.234 e. The van der Waals surface area contributed by atoms with E-state index in [2.05, 4.69) is 10.3 Å². The Hall–Kier alpha value is -2.67. The molecule has 0 spiro atoms. The number of halogens is 1. The Morgan fingerprint density at radius 1 is 1.11 bits per heavy atom. The molecule has 3 rings (SSSR count). The molecular weight excluding hydrogens is 367 g/mol. The third-order valence-electron chi connectivity index (χ3n) is 4.26. The zero-order valence-corrected chi connectivity index (χ0v) is 16.2. The van der Waals surface area contributed by atoms with E-state index in [1.807, 2.05) is 20.8 Å². The van der Waals surface area contributed by atoms with Crippen molar-refractivity contribution in [1.29, 1.82) is 0 Å². The molecule has 1 aromatic heterocycles. The van der Waals surface area contributed by atoms with Crippen molar-refractivity contribution in [2.24, 2.45) is 0 Å². The maximum Gasteiger partial charge on any atom is 0.234 e. The van der Waals surface area contributed by atoms with E-state index < -0.39 is 15.7 Å². The van der Waals surface area contributed by atoms with E-state index >= 15 is 0 Å². The van der Waals surface area contributed by atoms with Crippen molar-refractivity contribution in [3.05, 3.63) is 59.9 Å². The lowest BCUT2D eigenvalue weighted by Crippen LogP contribution is -2.15. The summed E-state index contributed by atoms with van der Waals surface area (Å²) in [5.41, 5.74) is 1.45. The number of rotatable bonds is 6. The molecule has 1 atom stereocenters. The van der Waals surface area contributed by atoms with Gasteiger partial charge in [-0.15, -0.1) is 0 Å². The van der Waals surface area contributed by atoms with Gasteiger partial charge in [0, 0.05) is 11.6 Å². The second-order valence-electron chi connectivity index (χ2n) is 6.43. The first-order valence-corrected chi connectivity index (χ1v) is 10.1. The van der Waals surface area contributed by atoms with Crippen LogP contribution in [0.15, 0.2) is 62.9 Å². The molecule has 2 aromatic carbocycles. The summed E-state index contributed by atoms with van der Waals surface area (Å²) in [6.07, 6.45) is 0.774. The molecule has 0 radical (unpaired) electrons. The summed E-state index contributed by atoms with van der Waals surface area (Å²) in [6.45, 7) is 5.78. The van der Waals surface area contributed by atoms with E-state index in [0.29, 0.717) is 5.56 Å². The fourth-order valence-electron chi connectivity index (χ4n) is 2.45. The van der Waals surface area contributed by atoms with Crippen LogP contribution in [0.2, 0.25) is 0 Å². The molecule has 0 saturated carbocycles. The van der Waals surface area contributed by atoms with Crippen molar-refractivity contribution in [3.8, 4) is 11.5 Å². The first-order valence-electron chi connectivity index (χ1n) is 8.66. The summed E-state index contributed by atoms with van der Waals surface area (Å²) in [5, 5.41) is 2.89. The number of anilines is 1. The topological polar surface area (TPSA) is 72.2 Å². The SMILES string of the molecule is CCC(C)Nc1oc(-c2ccc(F)cc2)nc1S(=O)(=O)c1ccc(C)cc1. The lowest BCUT2D eigenvalue weighted by atomic mass is 10.2. The highest BCUT2D eigenvalue weighted by Crippen LogP contribution is 2.33. The van der Waals surface area contributed by atoms with Gasteiger partial charge in [-0.2, -0.15) is 4.98 Å². The lowest BCUT2D eigenvalue weighted by molar-refractivity contribution is 0.565. The largest absolute Gasteiger partial charge is 0.419 e. The van der Waals surface area contributed by atoms with Gasteiger partial charge in [-0.3, -0.25) is 0 Å². The van der Waals surface area contributed by atoms with E-state index in [-0.39, 0.29) is 27.7 Å². The monoisotopic (exact) mass is 388 g/mol. The highest BCUT2D eigenvalue weighted by atomic mass is 32.2. The van der Waals surface area contributed by atoms with E-state index in [9.17, 15) is 12.8 Å². The Morgan fingerprint density at radius 2 is 1.74 bits per heavy atom. The minimum absolute atomic E-state index is 0.00835. The van der Waals surface area contributed by atoms with Gasteiger partial charge in [0.1, 0.15) is 5.82 Å². The third kappa shape index (κ3) is 4.03. The van der Waals surface area contributed by atoms with Crippen LogP contribution in [0, 0.1) is 12.7 Å². The van der Waals surface area contributed by atoms with Gasteiger partial charge in [0.25, 0.3) is 0 Å². The van der Waals surface area contributed by atoms with Crippen LogP contribution in [0.3, 0.4) is 0 Å². The van der Waals surface area contributed by atoms with Gasteiger partial charge in [0.2, 0.25) is 26.6 Å². The second-order valence-corrected chi connectivity index (χ2v) is 8.30. The number of nitrogens with one attached hydrogen (secondary N) is 1. The summed E-state index contributed by atoms with van der Waals surface area (Å²) in [7, 11) is -3.88. The zero-order chi connectivity index (χ0) is 19.6. The molecule has 0 bridgehead atoms. The maximum absolute atomic E-state index is 13.2. The number of sulfone groups is 1. The number of nitrogens with zero attached hydrogens (tertiary/aromatic N) is 1. The van der Waals surface area contributed by atoms with Crippen LogP contribution in [0.25, 0.3) is 11.5 Å². The van der Waals surface area contributed by atoms with Gasteiger partial charge in [0.05, 0.1) is 4.90 Å². The van der Waals surface area contributed by atoms with E-state index in [1.165, 1.54) is 24.3 Å². The highest BCUT2D eigenvalue weighted by Gasteiger charge is 2.29. The van der Waals surface area contributed by atoms with Gasteiger partial charge in [-0.1, -0.05) is 24.6 Å². The molecule has 7 heteroatoms. The van der Waals surface area contributed by atoms with Crippen molar-refractivity contribution in [2.75, 3.05) is 5.32 Å². The molecule has 5 nitrogen and oxygen atoms in total. The summed E-state index contributed by atoms with van der Waals surface area (Å²) in [5.74, 6) is -0.188. The molecular formula is C20H21FN2O3S. The van der Waals surface area contributed by atoms with Crippen molar-refractivity contribution in [2.45, 2.75) is 43.2 Å². The molecule has 142 valence electrons. The van der Waals surface area contributed by atoms with Gasteiger partial charge < -0.3 is 9.73 Å². The van der Waals surface area contributed by atoms with Crippen molar-refractivity contribution in [1.82, 2.24) is 4.98 Å². The number of hydrogen-bond donors (Lipinski definition) is 1. The first kappa shape index (κ1) is 19.1. The minimum atomic E-state index is -3.88. The third-order valence-corrected chi connectivity index (χ3v) is 5.94. The van der Waals surface area contributed by atoms with Gasteiger partial charge >= 0.3 is 0 Å². The zero-order valence-electron chi connectivity index (χ0n) is 15.4. The molecule has 0 aliphatic carbocycles. The number of hydrogen-bond acceptors (Lipinski definition) is 5. The van der Waals surface area contributed by atoms with Crippen LogP contribution in [0.5, 0.6) is 0 Å². The van der Waals surface area contributed by atoms with Crippen molar-refractivity contribution >= 4 is 15.7 Å². The van der Waals surface area contributed by atoms with Crippen molar-refractivity contribution < 1.29 is 17.2 Å².